The van der Waals surface area contributed by atoms with E-state index < -0.39 is 0 Å². The van der Waals surface area contributed by atoms with Crippen molar-refractivity contribution >= 4 is 11.7 Å². The third-order valence-corrected chi connectivity index (χ3v) is 5.33. The zero-order chi connectivity index (χ0) is 20.8. The molecule has 1 amide bonds. The van der Waals surface area contributed by atoms with Gasteiger partial charge in [0.15, 0.2) is 0 Å². The summed E-state index contributed by atoms with van der Waals surface area (Å²) in [6.45, 7) is 4.55. The van der Waals surface area contributed by atoms with Crippen molar-refractivity contribution in [2.45, 2.75) is 45.6 Å². The number of benzene rings is 1. The summed E-state index contributed by atoms with van der Waals surface area (Å²) in [7, 11) is 0. The molecule has 1 fully saturated rings. The van der Waals surface area contributed by atoms with Gasteiger partial charge in [0.2, 0.25) is 17.7 Å². The molecule has 0 radical (unpaired) electrons. The van der Waals surface area contributed by atoms with E-state index in [2.05, 4.69) is 25.4 Å². The molecule has 2 aromatic heterocycles. The van der Waals surface area contributed by atoms with Crippen molar-refractivity contribution in [3.05, 3.63) is 59.6 Å². The highest BCUT2D eigenvalue weighted by atomic mass is 16.4. The first-order valence-corrected chi connectivity index (χ1v) is 10.5. The fourth-order valence-corrected chi connectivity index (χ4v) is 3.63. The van der Waals surface area contributed by atoms with Crippen LogP contribution in [0.15, 0.2) is 47.0 Å². The average Bonchev–Trinajstić information content (AvgIpc) is 3.27. The van der Waals surface area contributed by atoms with Crippen LogP contribution in [0.4, 0.5) is 5.82 Å². The van der Waals surface area contributed by atoms with E-state index in [0.29, 0.717) is 31.2 Å². The zero-order valence-corrected chi connectivity index (χ0v) is 17.3. The Morgan fingerprint density at radius 1 is 1.10 bits per heavy atom. The summed E-state index contributed by atoms with van der Waals surface area (Å²) in [6, 6.07) is 11.9. The number of aryl methyl sites for hydroxylation is 2. The van der Waals surface area contributed by atoms with Crippen molar-refractivity contribution in [2.75, 3.05) is 18.0 Å². The first kappa shape index (κ1) is 20.1. The molecule has 1 aliphatic heterocycles. The number of piperidine rings is 1. The molecule has 0 aliphatic carbocycles. The fourth-order valence-electron chi connectivity index (χ4n) is 3.63. The molecular weight excluding hydrogens is 378 g/mol. The van der Waals surface area contributed by atoms with Crippen molar-refractivity contribution in [2.24, 2.45) is 0 Å². The van der Waals surface area contributed by atoms with Gasteiger partial charge < -0.3 is 14.6 Å². The monoisotopic (exact) mass is 405 g/mol. The molecular formula is C23H27N5O2. The van der Waals surface area contributed by atoms with Crippen LogP contribution in [0.2, 0.25) is 0 Å². The van der Waals surface area contributed by atoms with E-state index in [1.54, 1.807) is 0 Å². The van der Waals surface area contributed by atoms with Gasteiger partial charge in [0.05, 0.1) is 0 Å². The van der Waals surface area contributed by atoms with Gasteiger partial charge in [-0.25, -0.2) is 4.98 Å². The molecule has 3 heterocycles. The topological polar surface area (TPSA) is 84.2 Å². The Hall–Kier alpha value is -3.22. The molecule has 4 rings (SSSR count). The number of anilines is 1. The Morgan fingerprint density at radius 3 is 2.70 bits per heavy atom. The number of aromatic nitrogens is 3. The average molecular weight is 406 g/mol. The van der Waals surface area contributed by atoms with Crippen LogP contribution in [0, 0.1) is 6.92 Å². The summed E-state index contributed by atoms with van der Waals surface area (Å²) in [4.78, 5) is 19.2. The minimum atomic E-state index is -0.0430. The maximum Gasteiger partial charge on any atom is 0.247 e. The number of pyridine rings is 1. The minimum absolute atomic E-state index is 0.0430. The molecule has 1 aliphatic rings. The van der Waals surface area contributed by atoms with E-state index in [-0.39, 0.29) is 5.91 Å². The number of amides is 1. The Labute approximate surface area is 176 Å². The number of hydrogen-bond donors (Lipinski definition) is 1. The standard InChI is InChI=1S/C23H27N5O2/c1-17-7-9-18(10-8-17)23-27-26-21(30-23)12-11-20(29)25-16-19-6-5-13-24-22(19)28-14-3-2-4-15-28/h5-10,13H,2-4,11-12,14-16H2,1H3,(H,25,29). The fraction of sp³-hybridized carbons (Fsp3) is 0.391. The lowest BCUT2D eigenvalue weighted by molar-refractivity contribution is -0.121. The molecule has 1 N–H and O–H groups in total. The van der Waals surface area contributed by atoms with Gasteiger partial charge in [-0.05, 0) is 44.4 Å². The Kier molecular flexibility index (Phi) is 6.37. The molecule has 30 heavy (non-hydrogen) atoms. The number of nitrogens with one attached hydrogen (secondary N) is 1. The highest BCUT2D eigenvalue weighted by Crippen LogP contribution is 2.22. The van der Waals surface area contributed by atoms with E-state index in [9.17, 15) is 4.79 Å². The van der Waals surface area contributed by atoms with Crippen LogP contribution in [0.5, 0.6) is 0 Å². The zero-order valence-electron chi connectivity index (χ0n) is 17.3. The van der Waals surface area contributed by atoms with Crippen LogP contribution in [-0.2, 0) is 17.8 Å². The van der Waals surface area contributed by atoms with Gasteiger partial charge >= 0.3 is 0 Å². The number of carbonyl (C=O) groups is 1. The molecule has 3 aromatic rings. The van der Waals surface area contributed by atoms with E-state index in [0.717, 1.165) is 30.0 Å². The Bertz CT molecular complexity index is 977. The first-order valence-electron chi connectivity index (χ1n) is 10.5. The second kappa shape index (κ2) is 9.52. The molecule has 0 atom stereocenters. The highest BCUT2D eigenvalue weighted by molar-refractivity contribution is 5.76. The summed E-state index contributed by atoms with van der Waals surface area (Å²) >= 11 is 0. The number of rotatable bonds is 7. The maximum absolute atomic E-state index is 12.4. The van der Waals surface area contributed by atoms with Gasteiger partial charge in [-0.1, -0.05) is 23.8 Å². The number of carbonyl (C=O) groups excluding carboxylic acids is 1. The Morgan fingerprint density at radius 2 is 1.90 bits per heavy atom. The van der Waals surface area contributed by atoms with Crippen molar-refractivity contribution in [1.29, 1.82) is 0 Å². The van der Waals surface area contributed by atoms with E-state index in [1.165, 1.54) is 24.8 Å². The highest BCUT2D eigenvalue weighted by Gasteiger charge is 2.16. The van der Waals surface area contributed by atoms with Gasteiger partial charge in [-0.2, -0.15) is 0 Å². The SMILES string of the molecule is Cc1ccc(-c2nnc(CCC(=O)NCc3cccnc3N3CCCCC3)o2)cc1. The Balaban J connectivity index is 1.29. The number of nitrogens with zero attached hydrogens (tertiary/aromatic N) is 4. The predicted molar refractivity (Wildman–Crippen MR) is 115 cm³/mol. The van der Waals surface area contributed by atoms with Crippen molar-refractivity contribution < 1.29 is 9.21 Å². The van der Waals surface area contributed by atoms with Crippen molar-refractivity contribution in [3.8, 4) is 11.5 Å². The minimum Gasteiger partial charge on any atom is -0.421 e. The molecule has 1 saturated heterocycles. The maximum atomic E-state index is 12.4. The molecule has 156 valence electrons. The molecule has 0 spiro atoms. The molecule has 0 unspecified atom stereocenters. The molecule has 0 bridgehead atoms. The van der Waals surface area contributed by atoms with E-state index in [1.807, 2.05) is 49.5 Å². The molecule has 0 saturated carbocycles. The summed E-state index contributed by atoms with van der Waals surface area (Å²) in [6.07, 6.45) is 6.19. The normalized spacial score (nSPS) is 14.0. The van der Waals surface area contributed by atoms with Crippen molar-refractivity contribution in [3.63, 3.8) is 0 Å². The lowest BCUT2D eigenvalue weighted by Crippen LogP contribution is -2.32. The van der Waals surface area contributed by atoms with Gasteiger partial charge in [0.25, 0.3) is 0 Å². The predicted octanol–water partition coefficient (Wildman–Crippen LogP) is 3.68. The summed E-state index contributed by atoms with van der Waals surface area (Å²) in [5.41, 5.74) is 3.10. The van der Waals surface area contributed by atoms with Gasteiger partial charge in [0.1, 0.15) is 5.82 Å². The number of hydrogen-bond acceptors (Lipinski definition) is 6. The molecule has 7 nitrogen and oxygen atoms in total. The molecule has 1 aromatic carbocycles. The smallest absolute Gasteiger partial charge is 0.247 e. The van der Waals surface area contributed by atoms with Crippen molar-refractivity contribution in [1.82, 2.24) is 20.5 Å². The third kappa shape index (κ3) is 5.03. The van der Waals surface area contributed by atoms with Crippen LogP contribution in [0.3, 0.4) is 0 Å². The van der Waals surface area contributed by atoms with Gasteiger partial charge in [-0.15, -0.1) is 10.2 Å². The summed E-state index contributed by atoms with van der Waals surface area (Å²) in [5, 5.41) is 11.2. The third-order valence-electron chi connectivity index (χ3n) is 5.33. The van der Waals surface area contributed by atoms with Crippen LogP contribution in [-0.4, -0.2) is 34.2 Å². The van der Waals surface area contributed by atoms with E-state index in [4.69, 9.17) is 4.42 Å². The largest absolute Gasteiger partial charge is 0.421 e. The van der Waals surface area contributed by atoms with Crippen LogP contribution in [0.1, 0.15) is 42.7 Å². The first-order chi connectivity index (χ1) is 14.7. The second-order valence-corrected chi connectivity index (χ2v) is 7.68. The van der Waals surface area contributed by atoms with E-state index >= 15 is 0 Å². The van der Waals surface area contributed by atoms with Crippen LogP contribution < -0.4 is 10.2 Å². The summed E-state index contributed by atoms with van der Waals surface area (Å²) in [5.74, 6) is 1.89. The summed E-state index contributed by atoms with van der Waals surface area (Å²) < 4.78 is 5.70. The lowest BCUT2D eigenvalue weighted by atomic mass is 10.1. The van der Waals surface area contributed by atoms with Crippen LogP contribution >= 0.6 is 0 Å². The van der Waals surface area contributed by atoms with Gasteiger partial charge in [-0.3, -0.25) is 4.79 Å². The van der Waals surface area contributed by atoms with Crippen LogP contribution in [0.25, 0.3) is 11.5 Å². The van der Waals surface area contributed by atoms with Gasteiger partial charge in [0, 0.05) is 49.8 Å². The second-order valence-electron chi connectivity index (χ2n) is 7.68. The lowest BCUT2D eigenvalue weighted by Gasteiger charge is -2.29. The molecule has 7 heteroatoms. The quantitative estimate of drug-likeness (QED) is 0.646.